The molecule has 0 bridgehead atoms. The molecule has 0 aliphatic rings. The van der Waals surface area contributed by atoms with Crippen LogP contribution in [0, 0.1) is 44.2 Å². The van der Waals surface area contributed by atoms with Gasteiger partial charge in [0.05, 0.1) is 0 Å². The summed E-state index contributed by atoms with van der Waals surface area (Å²) in [4.78, 5) is 22.2. The minimum atomic E-state index is 0. The van der Waals surface area contributed by atoms with Gasteiger partial charge in [0.2, 0.25) is 0 Å². The summed E-state index contributed by atoms with van der Waals surface area (Å²) in [6.45, 7) is 17.4. The third-order valence-electron chi connectivity index (χ3n) is 15.7. The van der Waals surface area contributed by atoms with Crippen LogP contribution in [0.4, 0.5) is 0 Å². The van der Waals surface area contributed by atoms with Gasteiger partial charge in [0.1, 0.15) is 0 Å². The fourth-order valence-electron chi connectivity index (χ4n) is 10.1. The molecule has 0 aliphatic carbocycles. The average molecular weight is 1980 g/mol. The van der Waals surface area contributed by atoms with E-state index in [4.69, 9.17) is 0 Å². The van der Waals surface area contributed by atoms with Gasteiger partial charge in [-0.3, -0.25) is 0 Å². The van der Waals surface area contributed by atoms with E-state index in [1.807, 2.05) is 140 Å². The molecule has 498 valence electrons. The van der Waals surface area contributed by atoms with Crippen LogP contribution >= 0.6 is 0 Å². The SMILES string of the molecule is CC(C)(C)c1ccc(-c2[c-]ccc(-c3ccccc3)c2)nc1.CC(C)(C)c1ccnc(-c2[c-]ccc(-c3ccccc3)c2)c1.Cc1cnc(-c2[c-]ccc(-c3ccccc3)c2)cc1C.[Ir].[Ir].[Ir].[Ir].[c-]1ccc(-c2ccccc2)cc1-c1ccccn1.[c-]1ccccc1-c1ccccn1. The number of rotatable bonds is 9. The Bertz CT molecular complexity index is 4520. The number of pyridine rings is 5. The molecule has 0 N–H and O–H groups in total. The predicted molar refractivity (Wildman–Crippen MR) is 391 cm³/mol. The van der Waals surface area contributed by atoms with E-state index in [9.17, 15) is 0 Å². The van der Waals surface area contributed by atoms with E-state index >= 15 is 0 Å². The molecule has 5 heterocycles. The summed E-state index contributed by atoms with van der Waals surface area (Å²) in [5.41, 5.74) is 24.9. The van der Waals surface area contributed by atoms with Crippen molar-refractivity contribution in [3.05, 3.63) is 369 Å². The molecular formula is C89H76Ir4N5-5. The van der Waals surface area contributed by atoms with Crippen molar-refractivity contribution >= 4 is 0 Å². The molecule has 0 spiro atoms. The fraction of sp³-hybridized carbons (Fsp3) is 0.112. The van der Waals surface area contributed by atoms with E-state index in [2.05, 4.69) is 274 Å². The maximum absolute atomic E-state index is 4.62. The predicted octanol–water partition coefficient (Wildman–Crippen LogP) is 22.6. The minimum Gasteiger partial charge on any atom is -0.305 e. The van der Waals surface area contributed by atoms with Gasteiger partial charge in [-0.25, -0.2) is 0 Å². The molecule has 0 unspecified atom stereocenters. The van der Waals surface area contributed by atoms with Gasteiger partial charge in [-0.2, -0.15) is 0 Å². The maximum atomic E-state index is 4.62. The summed E-state index contributed by atoms with van der Waals surface area (Å²) in [6.07, 6.45) is 9.37. The zero-order chi connectivity index (χ0) is 65.5. The number of hydrogen-bond donors (Lipinski definition) is 0. The zero-order valence-corrected chi connectivity index (χ0v) is 65.7. The summed E-state index contributed by atoms with van der Waals surface area (Å²) in [6, 6.07) is 113. The van der Waals surface area contributed by atoms with Crippen molar-refractivity contribution in [2.24, 2.45) is 0 Å². The van der Waals surface area contributed by atoms with Gasteiger partial charge in [0.15, 0.2) is 0 Å². The van der Waals surface area contributed by atoms with Gasteiger partial charge in [-0.05, 0) is 110 Å². The Kier molecular flexibility index (Phi) is 31.2. The Morgan fingerprint density at radius 3 is 0.939 bits per heavy atom. The first-order chi connectivity index (χ1) is 45.7. The van der Waals surface area contributed by atoms with Crippen LogP contribution in [0.1, 0.15) is 63.8 Å². The van der Waals surface area contributed by atoms with E-state index in [-0.39, 0.29) is 91.3 Å². The Balaban J connectivity index is 0.000000193. The first-order valence-corrected chi connectivity index (χ1v) is 31.7. The summed E-state index contributed by atoms with van der Waals surface area (Å²) in [5, 5.41) is 0. The van der Waals surface area contributed by atoms with E-state index in [1.54, 1.807) is 12.4 Å². The largest absolute Gasteiger partial charge is 0.305 e. The van der Waals surface area contributed by atoms with Crippen molar-refractivity contribution in [1.82, 2.24) is 24.9 Å². The molecule has 98 heavy (non-hydrogen) atoms. The summed E-state index contributed by atoms with van der Waals surface area (Å²) in [7, 11) is 0. The smallest absolute Gasteiger partial charge is 0.0198 e. The second-order valence-corrected chi connectivity index (χ2v) is 24.7. The number of nitrogens with zero attached hydrogens (tertiary/aromatic N) is 5. The molecule has 0 saturated carbocycles. The minimum absolute atomic E-state index is 0. The van der Waals surface area contributed by atoms with Crippen molar-refractivity contribution in [2.75, 3.05) is 0 Å². The van der Waals surface area contributed by atoms with Gasteiger partial charge >= 0.3 is 0 Å². The van der Waals surface area contributed by atoms with E-state index in [0.29, 0.717) is 0 Å². The van der Waals surface area contributed by atoms with Crippen molar-refractivity contribution in [3.63, 3.8) is 0 Å². The van der Waals surface area contributed by atoms with Crippen molar-refractivity contribution in [1.29, 1.82) is 0 Å². The molecule has 0 aliphatic heterocycles. The third-order valence-corrected chi connectivity index (χ3v) is 15.7. The maximum Gasteiger partial charge on any atom is 0.0198 e. The van der Waals surface area contributed by atoms with Crippen molar-refractivity contribution < 1.29 is 80.4 Å². The monoisotopic (exact) mass is 1990 g/mol. The topological polar surface area (TPSA) is 64.5 Å². The zero-order valence-electron chi connectivity index (χ0n) is 56.1. The molecule has 5 aromatic heterocycles. The van der Waals surface area contributed by atoms with Gasteiger partial charge in [0.25, 0.3) is 0 Å². The standard InChI is InChI=1S/2C21H20N.C19H16N.C17H12N.C11H8N.4Ir/c1-21(2,3)19-12-13-22-20(15-19)18-11-7-10-17(14-18)16-8-5-4-6-9-16;1-21(2,3)19-12-13-20(22-15-19)18-11-7-10-17(14-18)16-8-5-4-6-9-16;1-14-11-19(20-13-15(14)2)18-10-6-9-17(12-18)16-7-4-3-5-8-16;1-2-7-14(8-3-1)15-9-6-10-16(13-15)17-11-4-5-12-18-17;1-2-6-10(7-3-1)11-8-4-5-9-12-11;;;;/h2*4-10,12-15H,1-3H3;3-9,11-13H,1-2H3;1-9,11-13H;1-6,8-9H;;;;/q5*-1;;;;. The first kappa shape index (κ1) is 78.3. The van der Waals surface area contributed by atoms with Crippen LogP contribution in [0.25, 0.3) is 101 Å². The van der Waals surface area contributed by atoms with E-state index in [0.717, 1.165) is 56.3 Å². The second kappa shape index (κ2) is 39.1. The van der Waals surface area contributed by atoms with Crippen LogP contribution in [0.3, 0.4) is 0 Å². The molecule has 4 radical (unpaired) electrons. The number of aromatic nitrogens is 5. The van der Waals surface area contributed by atoms with Crippen molar-refractivity contribution in [2.45, 2.75) is 66.2 Å². The van der Waals surface area contributed by atoms with E-state index < -0.39 is 0 Å². The van der Waals surface area contributed by atoms with Gasteiger partial charge in [0, 0.05) is 111 Å². The molecule has 14 aromatic rings. The van der Waals surface area contributed by atoms with E-state index in [1.165, 1.54) is 66.8 Å². The molecule has 9 aromatic carbocycles. The Labute approximate surface area is 635 Å². The average Bonchev–Trinajstić information content (AvgIpc) is 0.879. The molecule has 0 saturated heterocycles. The normalized spacial score (nSPS) is 10.3. The summed E-state index contributed by atoms with van der Waals surface area (Å²) in [5.74, 6) is 0. The molecule has 14 rings (SSSR count). The van der Waals surface area contributed by atoms with Gasteiger partial charge in [-0.15, -0.1) is 177 Å². The molecule has 0 fully saturated rings. The quantitative estimate of drug-likeness (QED) is 0.135. The van der Waals surface area contributed by atoms with Crippen LogP contribution in [-0.2, 0) is 91.3 Å². The summed E-state index contributed by atoms with van der Waals surface area (Å²) >= 11 is 0. The van der Waals surface area contributed by atoms with Gasteiger partial charge < -0.3 is 24.9 Å². The molecular weight excluding hydrogens is 1910 g/mol. The number of benzene rings is 9. The molecule has 5 nitrogen and oxygen atoms in total. The second-order valence-electron chi connectivity index (χ2n) is 24.7. The van der Waals surface area contributed by atoms with Crippen molar-refractivity contribution in [3.8, 4) is 101 Å². The summed E-state index contributed by atoms with van der Waals surface area (Å²) < 4.78 is 0. The third kappa shape index (κ3) is 23.0. The number of aryl methyl sites for hydroxylation is 2. The van der Waals surface area contributed by atoms with Crippen LogP contribution in [-0.4, -0.2) is 24.9 Å². The fourth-order valence-corrected chi connectivity index (χ4v) is 10.1. The Hall–Kier alpha value is -8.67. The van der Waals surface area contributed by atoms with Crippen LogP contribution in [0.5, 0.6) is 0 Å². The van der Waals surface area contributed by atoms with Crippen LogP contribution in [0.15, 0.2) is 316 Å². The first-order valence-electron chi connectivity index (χ1n) is 31.7. The number of hydrogen-bond acceptors (Lipinski definition) is 5. The molecule has 0 amide bonds. The Morgan fingerprint density at radius 1 is 0.235 bits per heavy atom. The Morgan fingerprint density at radius 2 is 0.582 bits per heavy atom. The van der Waals surface area contributed by atoms with Gasteiger partial charge in [-0.1, -0.05) is 217 Å². The molecule has 9 heteroatoms. The van der Waals surface area contributed by atoms with Crippen LogP contribution < -0.4 is 0 Å². The van der Waals surface area contributed by atoms with Crippen LogP contribution in [0.2, 0.25) is 0 Å². The molecule has 0 atom stereocenters.